The van der Waals surface area contributed by atoms with Gasteiger partial charge in [-0.25, -0.2) is 8.42 Å². The van der Waals surface area contributed by atoms with Crippen LogP contribution in [0.15, 0.2) is 36.4 Å². The van der Waals surface area contributed by atoms with Gasteiger partial charge in [-0.1, -0.05) is 29.3 Å². The van der Waals surface area contributed by atoms with Crippen LogP contribution in [0.25, 0.3) is 0 Å². The molecule has 9 nitrogen and oxygen atoms in total. The van der Waals surface area contributed by atoms with Crippen molar-refractivity contribution in [1.29, 1.82) is 0 Å². The van der Waals surface area contributed by atoms with E-state index in [1.165, 1.54) is 9.21 Å². The SMILES string of the molecule is CCNC(=O)C(C)N(Cc1ccc(Cl)cc1Cl)C(=O)CCCN(c1ccc2c(c1)OCO2)S(C)(=O)=O. The molecule has 12 heteroatoms. The van der Waals surface area contributed by atoms with Crippen molar-refractivity contribution in [3.8, 4) is 11.5 Å². The van der Waals surface area contributed by atoms with Crippen molar-refractivity contribution < 1.29 is 27.5 Å². The summed E-state index contributed by atoms with van der Waals surface area (Å²) in [6.45, 7) is 4.10. The van der Waals surface area contributed by atoms with Crippen LogP contribution in [0, 0.1) is 0 Å². The zero-order valence-corrected chi connectivity index (χ0v) is 22.6. The van der Waals surface area contributed by atoms with Crippen molar-refractivity contribution in [2.75, 3.05) is 30.4 Å². The Morgan fingerprint density at radius 2 is 1.83 bits per heavy atom. The number of amides is 2. The maximum absolute atomic E-state index is 13.3. The van der Waals surface area contributed by atoms with Gasteiger partial charge in [-0.15, -0.1) is 0 Å². The van der Waals surface area contributed by atoms with E-state index in [0.29, 0.717) is 39.3 Å². The molecular formula is C24H29Cl2N3O6S. The predicted octanol–water partition coefficient (Wildman–Crippen LogP) is 3.82. The number of ether oxygens (including phenoxy) is 2. The highest BCUT2D eigenvalue weighted by Crippen LogP contribution is 2.36. The summed E-state index contributed by atoms with van der Waals surface area (Å²) in [4.78, 5) is 27.2. The van der Waals surface area contributed by atoms with Gasteiger partial charge in [-0.05, 0) is 50.1 Å². The first kappa shape index (κ1) is 27.9. The number of carbonyl (C=O) groups excluding carboxylic acids is 2. The molecule has 0 saturated heterocycles. The van der Waals surface area contributed by atoms with Crippen molar-refractivity contribution in [2.24, 2.45) is 0 Å². The Labute approximate surface area is 221 Å². The molecule has 1 atom stereocenters. The first-order valence-electron chi connectivity index (χ1n) is 11.4. The number of carbonyl (C=O) groups is 2. The van der Waals surface area contributed by atoms with Crippen LogP contribution >= 0.6 is 23.2 Å². The number of benzene rings is 2. The van der Waals surface area contributed by atoms with Crippen molar-refractivity contribution in [2.45, 2.75) is 39.3 Å². The van der Waals surface area contributed by atoms with E-state index in [4.69, 9.17) is 32.7 Å². The van der Waals surface area contributed by atoms with Crippen molar-refractivity contribution >= 4 is 50.7 Å². The number of likely N-dealkylation sites (N-methyl/N-ethyl adjacent to an activating group) is 1. The Kier molecular flexibility index (Phi) is 9.32. The van der Waals surface area contributed by atoms with E-state index in [1.54, 1.807) is 50.2 Å². The van der Waals surface area contributed by atoms with Gasteiger partial charge in [0.15, 0.2) is 11.5 Å². The predicted molar refractivity (Wildman–Crippen MR) is 139 cm³/mol. The summed E-state index contributed by atoms with van der Waals surface area (Å²) in [7, 11) is -3.63. The fourth-order valence-electron chi connectivity index (χ4n) is 3.78. The highest BCUT2D eigenvalue weighted by atomic mass is 35.5. The van der Waals surface area contributed by atoms with Crippen LogP contribution in [0.2, 0.25) is 10.0 Å². The topological polar surface area (TPSA) is 105 Å². The number of hydrogen-bond acceptors (Lipinski definition) is 6. The fraction of sp³-hybridized carbons (Fsp3) is 0.417. The van der Waals surface area contributed by atoms with Crippen molar-refractivity contribution in [1.82, 2.24) is 10.2 Å². The summed E-state index contributed by atoms with van der Waals surface area (Å²) in [5, 5.41) is 3.57. The second kappa shape index (κ2) is 12.0. The number of sulfonamides is 1. The average Bonchev–Trinajstić information content (AvgIpc) is 3.28. The zero-order chi connectivity index (χ0) is 26.5. The van der Waals surface area contributed by atoms with E-state index in [2.05, 4.69) is 5.32 Å². The van der Waals surface area contributed by atoms with E-state index < -0.39 is 16.1 Å². The van der Waals surface area contributed by atoms with Crippen LogP contribution in [0.3, 0.4) is 0 Å². The van der Waals surface area contributed by atoms with Crippen LogP contribution in [-0.2, 0) is 26.2 Å². The number of hydrogen-bond donors (Lipinski definition) is 1. The summed E-state index contributed by atoms with van der Waals surface area (Å²) in [6.07, 6.45) is 1.35. The van der Waals surface area contributed by atoms with Crippen molar-refractivity contribution in [3.05, 3.63) is 52.0 Å². The van der Waals surface area contributed by atoms with Crippen LogP contribution in [0.4, 0.5) is 5.69 Å². The Morgan fingerprint density at radius 3 is 2.50 bits per heavy atom. The third-order valence-corrected chi connectivity index (χ3v) is 7.45. The maximum Gasteiger partial charge on any atom is 0.242 e. The van der Waals surface area contributed by atoms with Crippen molar-refractivity contribution in [3.63, 3.8) is 0 Å². The minimum Gasteiger partial charge on any atom is -0.454 e. The van der Waals surface area contributed by atoms with Gasteiger partial charge in [0.25, 0.3) is 0 Å². The molecule has 1 unspecified atom stereocenters. The van der Waals surface area contributed by atoms with Gasteiger partial charge in [0.1, 0.15) is 6.04 Å². The molecule has 0 aliphatic carbocycles. The summed E-state index contributed by atoms with van der Waals surface area (Å²) in [6, 6.07) is 9.06. The average molecular weight is 558 g/mol. The molecule has 1 heterocycles. The molecule has 1 aliphatic rings. The van der Waals surface area contributed by atoms with E-state index >= 15 is 0 Å². The molecule has 0 saturated carbocycles. The number of nitrogens with zero attached hydrogens (tertiary/aromatic N) is 2. The lowest BCUT2D eigenvalue weighted by Crippen LogP contribution is -2.47. The number of fused-ring (bicyclic) bond motifs is 1. The monoisotopic (exact) mass is 557 g/mol. The smallest absolute Gasteiger partial charge is 0.242 e. The van der Waals surface area contributed by atoms with E-state index in [1.807, 2.05) is 0 Å². The molecule has 0 aromatic heterocycles. The molecule has 196 valence electrons. The molecule has 36 heavy (non-hydrogen) atoms. The largest absolute Gasteiger partial charge is 0.454 e. The minimum absolute atomic E-state index is 0.0194. The molecule has 0 bridgehead atoms. The van der Waals surface area contributed by atoms with Crippen LogP contribution in [0.1, 0.15) is 32.3 Å². The second-order valence-corrected chi connectivity index (χ2v) is 11.1. The van der Waals surface area contributed by atoms with Gasteiger partial charge in [-0.3, -0.25) is 13.9 Å². The van der Waals surface area contributed by atoms with Crippen LogP contribution < -0.4 is 19.1 Å². The van der Waals surface area contributed by atoms with Gasteiger partial charge < -0.3 is 19.7 Å². The lowest BCUT2D eigenvalue weighted by molar-refractivity contribution is -0.140. The molecule has 0 fully saturated rings. The summed E-state index contributed by atoms with van der Waals surface area (Å²) >= 11 is 12.3. The summed E-state index contributed by atoms with van der Waals surface area (Å²) in [5.74, 6) is 0.394. The van der Waals surface area contributed by atoms with E-state index in [-0.39, 0.29) is 44.5 Å². The Bertz CT molecular complexity index is 1220. The molecule has 1 N–H and O–H groups in total. The zero-order valence-electron chi connectivity index (χ0n) is 20.3. The van der Waals surface area contributed by atoms with Crippen LogP contribution in [-0.4, -0.2) is 57.3 Å². The molecule has 2 amide bonds. The third-order valence-electron chi connectivity index (χ3n) is 5.67. The molecule has 2 aromatic rings. The summed E-state index contributed by atoms with van der Waals surface area (Å²) < 4.78 is 36.9. The number of nitrogens with one attached hydrogen (secondary N) is 1. The Hall–Kier alpha value is -2.69. The van der Waals surface area contributed by atoms with E-state index in [0.717, 1.165) is 6.26 Å². The highest BCUT2D eigenvalue weighted by molar-refractivity contribution is 7.92. The molecule has 1 aliphatic heterocycles. The normalized spacial score (nSPS) is 13.2. The number of anilines is 1. The molecule has 0 spiro atoms. The molecule has 0 radical (unpaired) electrons. The first-order chi connectivity index (χ1) is 17.0. The lowest BCUT2D eigenvalue weighted by Gasteiger charge is -2.29. The molecular weight excluding hydrogens is 529 g/mol. The number of halogens is 2. The van der Waals surface area contributed by atoms with Gasteiger partial charge in [0.05, 0.1) is 11.9 Å². The van der Waals surface area contributed by atoms with E-state index in [9.17, 15) is 18.0 Å². The molecule has 2 aromatic carbocycles. The quantitative estimate of drug-likeness (QED) is 0.450. The standard InChI is InChI=1S/C24H29Cl2N3O6S/c1-4-27-24(31)16(2)28(14-17-7-8-18(25)12-20(17)26)23(30)6-5-11-29(36(3,32)33)19-9-10-21-22(13-19)35-15-34-21/h7-10,12-13,16H,4-6,11,14-15H2,1-3H3,(H,27,31). The second-order valence-electron chi connectivity index (χ2n) is 8.30. The lowest BCUT2D eigenvalue weighted by atomic mass is 10.1. The van der Waals surface area contributed by atoms with Gasteiger partial charge >= 0.3 is 0 Å². The Morgan fingerprint density at radius 1 is 1.11 bits per heavy atom. The number of rotatable bonds is 11. The maximum atomic E-state index is 13.3. The summed E-state index contributed by atoms with van der Waals surface area (Å²) in [5.41, 5.74) is 1.05. The van der Waals surface area contributed by atoms with Gasteiger partial charge in [0, 0.05) is 42.2 Å². The first-order valence-corrected chi connectivity index (χ1v) is 14.0. The van der Waals surface area contributed by atoms with Gasteiger partial charge in [0.2, 0.25) is 28.6 Å². The Balaban J connectivity index is 1.74. The van der Waals surface area contributed by atoms with Crippen LogP contribution in [0.5, 0.6) is 11.5 Å². The highest BCUT2D eigenvalue weighted by Gasteiger charge is 2.27. The molecule has 3 rings (SSSR count). The van der Waals surface area contributed by atoms with Gasteiger partial charge in [-0.2, -0.15) is 0 Å². The minimum atomic E-state index is -3.63. The third kappa shape index (κ3) is 6.96. The fourth-order valence-corrected chi connectivity index (χ4v) is 5.21.